The molecule has 1 fully saturated rings. The van der Waals surface area contributed by atoms with Crippen LogP contribution in [-0.4, -0.2) is 67.8 Å². The van der Waals surface area contributed by atoms with Gasteiger partial charge < -0.3 is 24.2 Å². The molecule has 244 valence electrons. The topological polar surface area (TPSA) is 131 Å². The summed E-state index contributed by atoms with van der Waals surface area (Å²) in [4.78, 5) is 16.3. The monoisotopic (exact) mass is 694 g/mol. The Balaban J connectivity index is 1.41. The minimum Gasteiger partial charge on any atom is -0.497 e. The van der Waals surface area contributed by atoms with Crippen molar-refractivity contribution in [2.24, 2.45) is 5.92 Å². The van der Waals surface area contributed by atoms with Gasteiger partial charge in [0, 0.05) is 47.2 Å². The van der Waals surface area contributed by atoms with Crippen LogP contribution in [0.5, 0.6) is 17.2 Å². The van der Waals surface area contributed by atoms with E-state index in [9.17, 15) is 18.3 Å². The predicted molar refractivity (Wildman–Crippen MR) is 167 cm³/mol. The lowest BCUT2D eigenvalue weighted by molar-refractivity contribution is 0.0917. The molecule has 1 aromatic heterocycles. The molecule has 0 saturated carbocycles. The lowest BCUT2D eigenvalue weighted by Crippen LogP contribution is -2.44. The van der Waals surface area contributed by atoms with E-state index in [-0.39, 0.29) is 37.3 Å². The van der Waals surface area contributed by atoms with Crippen molar-refractivity contribution in [2.45, 2.75) is 23.8 Å². The average molecular weight is 695 g/mol. The van der Waals surface area contributed by atoms with Crippen LogP contribution in [0.2, 0.25) is 5.02 Å². The summed E-state index contributed by atoms with van der Waals surface area (Å²) in [5.41, 5.74) is 1.32. The van der Waals surface area contributed by atoms with Gasteiger partial charge in [0.25, 0.3) is 10.0 Å². The number of hydrogen-bond acceptors (Lipinski definition) is 9. The Labute approximate surface area is 273 Å². The number of ether oxygens (including phenoxy) is 3. The molecule has 1 aliphatic rings. The number of halogens is 3. The molecule has 1 saturated heterocycles. The van der Waals surface area contributed by atoms with Gasteiger partial charge in [0.15, 0.2) is 17.4 Å². The maximum absolute atomic E-state index is 15.5. The van der Waals surface area contributed by atoms with Crippen LogP contribution in [0.25, 0.3) is 0 Å². The van der Waals surface area contributed by atoms with Crippen molar-refractivity contribution in [3.05, 3.63) is 88.7 Å². The molecule has 11 nitrogen and oxygen atoms in total. The van der Waals surface area contributed by atoms with Crippen molar-refractivity contribution < 1.29 is 41.3 Å². The van der Waals surface area contributed by atoms with E-state index in [1.807, 2.05) is 12.1 Å². The van der Waals surface area contributed by atoms with Crippen LogP contribution in [0, 0.1) is 17.6 Å². The maximum atomic E-state index is 15.5. The van der Waals surface area contributed by atoms with Gasteiger partial charge in [-0.25, -0.2) is 31.3 Å². The van der Waals surface area contributed by atoms with E-state index < -0.39 is 44.3 Å². The molecule has 0 bridgehead atoms. The van der Waals surface area contributed by atoms with Gasteiger partial charge in [-0.15, -0.1) is 0 Å². The number of rotatable bonds is 11. The van der Waals surface area contributed by atoms with Gasteiger partial charge in [-0.3, -0.25) is 0 Å². The molecular formula is C30H29ClF2N4O7S2. The van der Waals surface area contributed by atoms with Gasteiger partial charge in [-0.2, -0.15) is 4.37 Å². The normalized spacial score (nSPS) is 16.6. The molecule has 2 atom stereocenters. The second-order valence-electron chi connectivity index (χ2n) is 10.4. The van der Waals surface area contributed by atoms with Crippen molar-refractivity contribution in [3.8, 4) is 17.2 Å². The van der Waals surface area contributed by atoms with Crippen molar-refractivity contribution in [3.63, 3.8) is 0 Å². The molecular weight excluding hydrogens is 666 g/mol. The fourth-order valence-corrected chi connectivity index (χ4v) is 7.61. The summed E-state index contributed by atoms with van der Waals surface area (Å²) in [7, 11) is -1.70. The second kappa shape index (κ2) is 14.1. The molecule has 1 N–H and O–H groups in total. The minimum absolute atomic E-state index is 0.0347. The fraction of sp³-hybridized carbons (Fsp3) is 0.300. The lowest BCUT2D eigenvalue weighted by Gasteiger charge is -2.37. The number of amides is 1. The number of hydrogen-bond donors (Lipinski definition) is 1. The van der Waals surface area contributed by atoms with Crippen molar-refractivity contribution in [2.75, 3.05) is 38.2 Å². The molecule has 1 amide bonds. The number of carboxylic acid groups (broad SMARTS) is 1. The third kappa shape index (κ3) is 7.11. The van der Waals surface area contributed by atoms with Gasteiger partial charge in [0.2, 0.25) is 5.13 Å². The van der Waals surface area contributed by atoms with E-state index in [4.69, 9.17) is 25.8 Å². The highest BCUT2D eigenvalue weighted by Gasteiger charge is 2.35. The lowest BCUT2D eigenvalue weighted by atomic mass is 9.81. The zero-order chi connectivity index (χ0) is 33.0. The Bertz CT molecular complexity index is 1770. The summed E-state index contributed by atoms with van der Waals surface area (Å²) in [6.45, 7) is -0.170. The van der Waals surface area contributed by atoms with Crippen LogP contribution in [0.15, 0.2) is 65.8 Å². The Morgan fingerprint density at radius 2 is 1.83 bits per heavy atom. The van der Waals surface area contributed by atoms with Crippen LogP contribution in [-0.2, 0) is 16.6 Å². The van der Waals surface area contributed by atoms with E-state index in [1.165, 1.54) is 25.4 Å². The number of aromatic nitrogens is 2. The van der Waals surface area contributed by atoms with Crippen LogP contribution in [0.1, 0.15) is 23.5 Å². The molecule has 3 aromatic carbocycles. The second-order valence-corrected chi connectivity index (χ2v) is 13.4. The van der Waals surface area contributed by atoms with Gasteiger partial charge in [0.1, 0.15) is 17.8 Å². The summed E-state index contributed by atoms with van der Waals surface area (Å²) in [6.07, 6.45) is 0.517. The van der Waals surface area contributed by atoms with E-state index in [1.54, 1.807) is 30.3 Å². The third-order valence-electron chi connectivity index (χ3n) is 7.68. The third-order valence-corrected chi connectivity index (χ3v) is 10.4. The SMILES string of the molecule is COc1ccc(CN(c2ncns2)S(=O)(=O)c2cc(F)c(OCC3CN(C(=O)O)CCC3c3ccc(Cl)cc3)c(F)c2)c(OC)c1. The summed E-state index contributed by atoms with van der Waals surface area (Å²) in [6, 6.07) is 13.2. The molecule has 1 aliphatic heterocycles. The number of carbonyl (C=O) groups is 1. The van der Waals surface area contributed by atoms with Crippen LogP contribution < -0.4 is 18.5 Å². The number of sulfonamides is 1. The largest absolute Gasteiger partial charge is 0.497 e. The summed E-state index contributed by atoms with van der Waals surface area (Å²) >= 11 is 6.81. The predicted octanol–water partition coefficient (Wildman–Crippen LogP) is 6.04. The Morgan fingerprint density at radius 3 is 2.43 bits per heavy atom. The standard InChI is InChI=1S/C30H29ClF2N4O7S2/c1-42-22-8-5-19(27(11-22)43-2)15-37(29-34-17-35-45-29)46(40,41)23-12-25(32)28(26(33)13-23)44-16-20-14-36(30(38)39)10-9-24(20)18-3-6-21(31)7-4-18/h3-8,11-13,17,20,24H,9-10,14-16H2,1-2H3,(H,38,39). The van der Waals surface area contributed by atoms with Gasteiger partial charge >= 0.3 is 6.09 Å². The highest BCUT2D eigenvalue weighted by atomic mass is 35.5. The molecule has 16 heteroatoms. The Hall–Kier alpha value is -4.21. The number of benzene rings is 3. The first-order valence-electron chi connectivity index (χ1n) is 13.9. The van der Waals surface area contributed by atoms with Gasteiger partial charge in [-0.05, 0) is 54.3 Å². The van der Waals surface area contributed by atoms with Crippen LogP contribution >= 0.6 is 23.1 Å². The zero-order valence-electron chi connectivity index (χ0n) is 24.6. The van der Waals surface area contributed by atoms with E-state index in [0.29, 0.717) is 40.6 Å². The summed E-state index contributed by atoms with van der Waals surface area (Å²) in [5.74, 6) is -3.09. The van der Waals surface area contributed by atoms with Crippen molar-refractivity contribution >= 4 is 44.4 Å². The Kier molecular flexibility index (Phi) is 10.1. The smallest absolute Gasteiger partial charge is 0.407 e. The van der Waals surface area contributed by atoms with Crippen molar-refractivity contribution in [1.29, 1.82) is 0 Å². The quantitative estimate of drug-likeness (QED) is 0.200. The number of likely N-dealkylation sites (tertiary alicyclic amines) is 1. The van der Waals surface area contributed by atoms with E-state index >= 15 is 8.78 Å². The minimum atomic E-state index is -4.59. The van der Waals surface area contributed by atoms with Gasteiger partial charge in [-0.1, -0.05) is 23.7 Å². The number of methoxy groups -OCH3 is 2. The van der Waals surface area contributed by atoms with Gasteiger partial charge in [0.05, 0.1) is 32.3 Å². The zero-order valence-corrected chi connectivity index (χ0v) is 27.0. The number of anilines is 1. The fourth-order valence-electron chi connectivity index (χ4n) is 5.33. The Morgan fingerprint density at radius 1 is 1.11 bits per heavy atom. The molecule has 0 aliphatic carbocycles. The van der Waals surface area contributed by atoms with Crippen molar-refractivity contribution in [1.82, 2.24) is 14.3 Å². The number of nitrogens with zero attached hydrogens (tertiary/aromatic N) is 4. The molecule has 4 aromatic rings. The molecule has 2 heterocycles. The van der Waals surface area contributed by atoms with Crippen LogP contribution in [0.3, 0.4) is 0 Å². The number of piperidine rings is 1. The summed E-state index contributed by atoms with van der Waals surface area (Å²) in [5, 5.41) is 10.1. The van der Waals surface area contributed by atoms with E-state index in [0.717, 1.165) is 21.4 Å². The van der Waals surface area contributed by atoms with Crippen LogP contribution in [0.4, 0.5) is 18.7 Å². The molecule has 0 radical (unpaired) electrons. The first kappa shape index (κ1) is 33.2. The average Bonchev–Trinajstić information content (AvgIpc) is 3.58. The molecule has 0 spiro atoms. The molecule has 2 unspecified atom stereocenters. The first-order valence-corrected chi connectivity index (χ1v) is 16.5. The maximum Gasteiger partial charge on any atom is 0.407 e. The summed E-state index contributed by atoms with van der Waals surface area (Å²) < 4.78 is 79.6. The highest BCUT2D eigenvalue weighted by Crippen LogP contribution is 2.37. The first-order chi connectivity index (χ1) is 22.0. The highest BCUT2D eigenvalue weighted by molar-refractivity contribution is 7.93. The molecule has 46 heavy (non-hydrogen) atoms. The molecule has 5 rings (SSSR count). The van der Waals surface area contributed by atoms with E-state index in [2.05, 4.69) is 9.36 Å².